The van der Waals surface area contributed by atoms with Crippen LogP contribution in [0.1, 0.15) is 48.9 Å². The van der Waals surface area contributed by atoms with Crippen LogP contribution in [-0.4, -0.2) is 11.9 Å². The van der Waals surface area contributed by atoms with Gasteiger partial charge in [-0.15, -0.1) is 0 Å². The van der Waals surface area contributed by atoms with Crippen LogP contribution in [0.3, 0.4) is 0 Å². The highest BCUT2D eigenvalue weighted by Crippen LogP contribution is 2.17. The Balaban J connectivity index is 1.93. The second kappa shape index (κ2) is 6.38. The summed E-state index contributed by atoms with van der Waals surface area (Å²) in [5.74, 6) is 0.0771. The van der Waals surface area contributed by atoms with E-state index in [1.807, 2.05) is 24.3 Å². The summed E-state index contributed by atoms with van der Waals surface area (Å²) in [5.41, 5.74) is 0.773. The third-order valence-corrected chi connectivity index (χ3v) is 4.02. The lowest BCUT2D eigenvalue weighted by atomic mass is 10.1. The van der Waals surface area contributed by atoms with Gasteiger partial charge in [-0.2, -0.15) is 0 Å². The Morgan fingerprint density at radius 1 is 1.06 bits per heavy atom. The average Bonchev–Trinajstić information content (AvgIpc) is 2.58. The molecule has 0 unspecified atom stereocenters. The summed E-state index contributed by atoms with van der Waals surface area (Å²) in [6.07, 6.45) is 7.40. The van der Waals surface area contributed by atoms with Crippen molar-refractivity contribution in [2.24, 2.45) is 0 Å². The summed E-state index contributed by atoms with van der Waals surface area (Å²) in [7, 11) is 0. The lowest BCUT2D eigenvalue weighted by Gasteiger charge is -2.16. The third-order valence-electron chi connectivity index (χ3n) is 3.30. The minimum absolute atomic E-state index is 0.0771. The van der Waals surface area contributed by atoms with Gasteiger partial charge >= 0.3 is 0 Å². The smallest absolute Gasteiger partial charge is 0.251 e. The Bertz CT molecular complexity index is 366. The number of benzene rings is 1. The SMILES string of the molecule is O=C(NC1CCCCCC1)c1ccc(I)cc1. The van der Waals surface area contributed by atoms with E-state index in [0.29, 0.717) is 6.04 Å². The molecule has 1 amide bonds. The summed E-state index contributed by atoms with van der Waals surface area (Å²) in [6.45, 7) is 0. The van der Waals surface area contributed by atoms with Crippen LogP contribution in [0.2, 0.25) is 0 Å². The zero-order valence-corrected chi connectivity index (χ0v) is 12.1. The van der Waals surface area contributed by atoms with E-state index in [0.717, 1.165) is 22.0 Å². The van der Waals surface area contributed by atoms with Crippen LogP contribution < -0.4 is 5.32 Å². The molecule has 1 aliphatic carbocycles. The summed E-state index contributed by atoms with van der Waals surface area (Å²) >= 11 is 2.25. The molecule has 0 bridgehead atoms. The first-order chi connectivity index (χ1) is 8.25. The highest BCUT2D eigenvalue weighted by molar-refractivity contribution is 14.1. The zero-order valence-electron chi connectivity index (χ0n) is 9.92. The molecule has 0 radical (unpaired) electrons. The second-order valence-corrected chi connectivity index (χ2v) is 5.91. The van der Waals surface area contributed by atoms with Gasteiger partial charge in [-0.3, -0.25) is 4.79 Å². The summed E-state index contributed by atoms with van der Waals surface area (Å²) in [4.78, 5) is 12.0. The van der Waals surface area contributed by atoms with Gasteiger partial charge in [0.15, 0.2) is 0 Å². The van der Waals surface area contributed by atoms with Crippen molar-refractivity contribution in [3.63, 3.8) is 0 Å². The number of hydrogen-bond acceptors (Lipinski definition) is 1. The van der Waals surface area contributed by atoms with Gasteiger partial charge in [0.25, 0.3) is 5.91 Å². The van der Waals surface area contributed by atoms with E-state index in [9.17, 15) is 4.79 Å². The number of nitrogens with one attached hydrogen (secondary N) is 1. The molecule has 0 atom stereocenters. The minimum atomic E-state index is 0.0771. The summed E-state index contributed by atoms with van der Waals surface area (Å²) < 4.78 is 1.16. The Morgan fingerprint density at radius 2 is 1.65 bits per heavy atom. The maximum Gasteiger partial charge on any atom is 0.251 e. The van der Waals surface area contributed by atoms with Gasteiger partial charge in [-0.05, 0) is 59.7 Å². The molecule has 3 heteroatoms. The standard InChI is InChI=1S/C14H18INO/c15-12-9-7-11(8-10-12)14(17)16-13-5-3-1-2-4-6-13/h7-10,13H,1-6H2,(H,16,17). The highest BCUT2D eigenvalue weighted by Gasteiger charge is 2.15. The maximum atomic E-state index is 12.0. The Kier molecular flexibility index (Phi) is 4.83. The molecule has 0 spiro atoms. The van der Waals surface area contributed by atoms with Crippen LogP contribution in [0.5, 0.6) is 0 Å². The largest absolute Gasteiger partial charge is 0.349 e. The van der Waals surface area contributed by atoms with Gasteiger partial charge in [0, 0.05) is 15.2 Å². The molecule has 92 valence electrons. The predicted molar refractivity (Wildman–Crippen MR) is 78.1 cm³/mol. The first-order valence-electron chi connectivity index (χ1n) is 6.32. The molecule has 0 saturated heterocycles. The van der Waals surface area contributed by atoms with Crippen molar-refractivity contribution in [3.05, 3.63) is 33.4 Å². The number of carbonyl (C=O) groups is 1. The highest BCUT2D eigenvalue weighted by atomic mass is 127. The topological polar surface area (TPSA) is 29.1 Å². The van der Waals surface area contributed by atoms with Crippen LogP contribution in [0.25, 0.3) is 0 Å². The molecule has 0 aliphatic heterocycles. The van der Waals surface area contributed by atoms with Gasteiger partial charge in [0.1, 0.15) is 0 Å². The van der Waals surface area contributed by atoms with E-state index in [4.69, 9.17) is 0 Å². The van der Waals surface area contributed by atoms with Crippen molar-refractivity contribution in [2.45, 2.75) is 44.6 Å². The number of rotatable bonds is 2. The number of halogens is 1. The first kappa shape index (κ1) is 12.9. The molecule has 2 nitrogen and oxygen atoms in total. The fourth-order valence-corrected chi connectivity index (χ4v) is 2.65. The van der Waals surface area contributed by atoms with Gasteiger partial charge < -0.3 is 5.32 Å². The van der Waals surface area contributed by atoms with E-state index in [1.54, 1.807) is 0 Å². The normalized spacial score (nSPS) is 17.5. The number of hydrogen-bond donors (Lipinski definition) is 1. The Morgan fingerprint density at radius 3 is 2.24 bits per heavy atom. The van der Waals surface area contributed by atoms with Gasteiger partial charge in [0.2, 0.25) is 0 Å². The van der Waals surface area contributed by atoms with Crippen molar-refractivity contribution >= 4 is 28.5 Å². The molecule has 1 aromatic carbocycles. The van der Waals surface area contributed by atoms with Crippen molar-refractivity contribution in [1.29, 1.82) is 0 Å². The first-order valence-corrected chi connectivity index (χ1v) is 7.40. The Hall–Kier alpha value is -0.580. The molecule has 1 fully saturated rings. The zero-order chi connectivity index (χ0) is 12.1. The molecule has 1 saturated carbocycles. The van der Waals surface area contributed by atoms with E-state index < -0.39 is 0 Å². The van der Waals surface area contributed by atoms with Crippen molar-refractivity contribution < 1.29 is 4.79 Å². The van der Waals surface area contributed by atoms with Crippen molar-refractivity contribution in [2.75, 3.05) is 0 Å². The molecular formula is C14H18INO. The molecule has 2 rings (SSSR count). The van der Waals surface area contributed by atoms with Crippen LogP contribution in [0.4, 0.5) is 0 Å². The minimum Gasteiger partial charge on any atom is -0.349 e. The molecular weight excluding hydrogens is 325 g/mol. The van der Waals surface area contributed by atoms with Gasteiger partial charge in [0.05, 0.1) is 0 Å². The van der Waals surface area contributed by atoms with Gasteiger partial charge in [-0.25, -0.2) is 0 Å². The van der Waals surface area contributed by atoms with E-state index in [-0.39, 0.29) is 5.91 Å². The van der Waals surface area contributed by atoms with Crippen LogP contribution in [0.15, 0.2) is 24.3 Å². The van der Waals surface area contributed by atoms with E-state index in [1.165, 1.54) is 25.7 Å². The Labute approximate surface area is 116 Å². The predicted octanol–water partition coefficient (Wildman–Crippen LogP) is 3.74. The molecule has 1 N–H and O–H groups in total. The maximum absolute atomic E-state index is 12.0. The van der Waals surface area contributed by atoms with E-state index >= 15 is 0 Å². The average molecular weight is 343 g/mol. The van der Waals surface area contributed by atoms with Gasteiger partial charge in [-0.1, -0.05) is 25.7 Å². The number of amides is 1. The fourth-order valence-electron chi connectivity index (χ4n) is 2.29. The molecule has 1 aliphatic rings. The van der Waals surface area contributed by atoms with Crippen LogP contribution >= 0.6 is 22.6 Å². The monoisotopic (exact) mass is 343 g/mol. The summed E-state index contributed by atoms with van der Waals surface area (Å²) in [6, 6.07) is 8.12. The van der Waals surface area contributed by atoms with E-state index in [2.05, 4.69) is 27.9 Å². The summed E-state index contributed by atoms with van der Waals surface area (Å²) in [5, 5.41) is 3.15. The lowest BCUT2D eigenvalue weighted by Crippen LogP contribution is -2.34. The number of carbonyl (C=O) groups excluding carboxylic acids is 1. The van der Waals surface area contributed by atoms with Crippen molar-refractivity contribution in [3.8, 4) is 0 Å². The third kappa shape index (κ3) is 3.98. The molecule has 17 heavy (non-hydrogen) atoms. The molecule has 0 heterocycles. The van der Waals surface area contributed by atoms with Crippen molar-refractivity contribution in [1.82, 2.24) is 5.32 Å². The quantitative estimate of drug-likeness (QED) is 0.643. The molecule has 0 aromatic heterocycles. The molecule has 1 aromatic rings. The fraction of sp³-hybridized carbons (Fsp3) is 0.500. The van der Waals surface area contributed by atoms with Crippen LogP contribution in [0, 0.1) is 3.57 Å². The lowest BCUT2D eigenvalue weighted by molar-refractivity contribution is 0.0933. The second-order valence-electron chi connectivity index (χ2n) is 4.67. The van der Waals surface area contributed by atoms with Crippen LogP contribution in [-0.2, 0) is 0 Å².